The van der Waals surface area contributed by atoms with E-state index in [9.17, 15) is 4.79 Å². The van der Waals surface area contributed by atoms with Crippen molar-refractivity contribution in [2.24, 2.45) is 11.8 Å². The molecule has 1 saturated heterocycles. The molecule has 2 aliphatic rings. The molecule has 0 spiro atoms. The number of hydrogen-bond acceptors (Lipinski definition) is 6. The highest BCUT2D eigenvalue weighted by molar-refractivity contribution is 7.99. The predicted octanol–water partition coefficient (Wildman–Crippen LogP) is 6.86. The minimum atomic E-state index is -0.00265. The van der Waals surface area contributed by atoms with Gasteiger partial charge in [-0.2, -0.15) is 11.8 Å². The number of carbonyl (C=O) groups excluding carboxylic acids is 1. The van der Waals surface area contributed by atoms with Crippen molar-refractivity contribution in [2.75, 3.05) is 45.9 Å². The molecule has 2 N–H and O–H groups in total. The number of piperidine rings is 1. The lowest BCUT2D eigenvalue weighted by atomic mass is 9.84. The van der Waals surface area contributed by atoms with Crippen LogP contribution in [0.2, 0.25) is 5.02 Å². The van der Waals surface area contributed by atoms with Crippen LogP contribution in [0.5, 0.6) is 17.2 Å². The maximum absolute atomic E-state index is 13.3. The molecule has 0 radical (unpaired) electrons. The number of rotatable bonds is 9. The molecule has 1 amide bonds. The molecule has 2 fully saturated rings. The van der Waals surface area contributed by atoms with Crippen molar-refractivity contribution in [2.45, 2.75) is 50.2 Å². The van der Waals surface area contributed by atoms with E-state index in [0.717, 1.165) is 42.4 Å². The number of ether oxygens (including phenoxy) is 3. The maximum Gasteiger partial charge on any atom is 0.254 e. The molecule has 1 heterocycles. The first-order chi connectivity index (χ1) is 17.9. The lowest BCUT2D eigenvalue weighted by Crippen LogP contribution is -2.39. The molecule has 2 aromatic carbocycles. The second kappa shape index (κ2) is 13.0. The molecule has 4 rings (SSSR count). The number of halogens is 1. The Bertz CT molecular complexity index is 1040. The van der Waals surface area contributed by atoms with Crippen LogP contribution in [0.1, 0.15) is 66.1 Å². The summed E-state index contributed by atoms with van der Waals surface area (Å²) in [6.45, 7) is 1.49. The lowest BCUT2D eigenvalue weighted by molar-refractivity contribution is 0.0697. The zero-order chi connectivity index (χ0) is 26.4. The smallest absolute Gasteiger partial charge is 0.254 e. The number of nitrogen functional groups attached to an aromatic ring is 1. The van der Waals surface area contributed by atoms with E-state index in [0.29, 0.717) is 39.9 Å². The zero-order valence-corrected chi connectivity index (χ0v) is 23.7. The van der Waals surface area contributed by atoms with Gasteiger partial charge in [-0.1, -0.05) is 30.9 Å². The Morgan fingerprint density at radius 2 is 1.65 bits per heavy atom. The Labute approximate surface area is 230 Å². The third-order valence-electron chi connectivity index (χ3n) is 7.76. The van der Waals surface area contributed by atoms with Crippen molar-refractivity contribution in [1.82, 2.24) is 4.90 Å². The highest BCUT2D eigenvalue weighted by Gasteiger charge is 2.30. The normalized spacial score (nSPS) is 17.9. The van der Waals surface area contributed by atoms with E-state index in [4.69, 9.17) is 31.5 Å². The monoisotopic (exact) mass is 546 g/mol. The Hall–Kier alpha value is -2.25. The number of thioether (sulfide) groups is 1. The van der Waals surface area contributed by atoms with Crippen molar-refractivity contribution in [3.05, 3.63) is 46.5 Å². The van der Waals surface area contributed by atoms with E-state index in [1.165, 1.54) is 37.7 Å². The van der Waals surface area contributed by atoms with Crippen LogP contribution in [0, 0.1) is 11.8 Å². The van der Waals surface area contributed by atoms with Crippen LogP contribution < -0.4 is 19.9 Å². The van der Waals surface area contributed by atoms with Crippen LogP contribution in [0.25, 0.3) is 0 Å². The molecular weight excluding hydrogens is 508 g/mol. The van der Waals surface area contributed by atoms with Gasteiger partial charge in [0.25, 0.3) is 5.91 Å². The van der Waals surface area contributed by atoms with E-state index in [1.807, 2.05) is 28.8 Å². The molecule has 37 heavy (non-hydrogen) atoms. The Morgan fingerprint density at radius 1 is 1.00 bits per heavy atom. The van der Waals surface area contributed by atoms with Crippen molar-refractivity contribution in [3.63, 3.8) is 0 Å². The van der Waals surface area contributed by atoms with Gasteiger partial charge in [0.1, 0.15) is 0 Å². The second-order valence-electron chi connectivity index (χ2n) is 10.1. The van der Waals surface area contributed by atoms with Gasteiger partial charge >= 0.3 is 0 Å². The van der Waals surface area contributed by atoms with Crippen LogP contribution in [0.4, 0.5) is 5.69 Å². The summed E-state index contributed by atoms with van der Waals surface area (Å²) in [4.78, 5) is 15.3. The van der Waals surface area contributed by atoms with E-state index in [-0.39, 0.29) is 5.91 Å². The SMILES string of the molecule is COc1cc(C(=O)N2CCC(CSC(c3cc(Cl)ccc3N)C3CCCCC3)CC2)cc(OC)c1OC. The van der Waals surface area contributed by atoms with Crippen LogP contribution in [-0.4, -0.2) is 51.0 Å². The quantitative estimate of drug-likeness (QED) is 0.346. The summed E-state index contributed by atoms with van der Waals surface area (Å²) in [7, 11) is 4.68. The van der Waals surface area contributed by atoms with Gasteiger partial charge in [-0.25, -0.2) is 0 Å². The maximum atomic E-state index is 13.3. The molecule has 1 aliphatic heterocycles. The molecule has 0 aromatic heterocycles. The molecule has 1 aliphatic carbocycles. The molecule has 2 aromatic rings. The van der Waals surface area contributed by atoms with Gasteiger partial charge in [-0.05, 0) is 79.2 Å². The Morgan fingerprint density at radius 3 is 2.24 bits per heavy atom. The average Bonchev–Trinajstić information content (AvgIpc) is 2.94. The molecule has 1 saturated carbocycles. The number of anilines is 1. The van der Waals surface area contributed by atoms with Crippen LogP contribution in [0.15, 0.2) is 30.3 Å². The predicted molar refractivity (Wildman–Crippen MR) is 152 cm³/mol. The largest absolute Gasteiger partial charge is 0.493 e. The third-order valence-corrected chi connectivity index (χ3v) is 9.66. The summed E-state index contributed by atoms with van der Waals surface area (Å²) in [5.41, 5.74) is 9.02. The van der Waals surface area contributed by atoms with Crippen LogP contribution >= 0.6 is 23.4 Å². The van der Waals surface area contributed by atoms with Gasteiger partial charge in [0, 0.05) is 34.6 Å². The number of methoxy groups -OCH3 is 3. The van der Waals surface area contributed by atoms with Crippen molar-refractivity contribution >= 4 is 35.0 Å². The van der Waals surface area contributed by atoms with Gasteiger partial charge in [0.2, 0.25) is 5.75 Å². The highest BCUT2D eigenvalue weighted by atomic mass is 35.5. The van der Waals surface area contributed by atoms with Gasteiger partial charge in [-0.15, -0.1) is 0 Å². The number of hydrogen-bond donors (Lipinski definition) is 1. The third kappa shape index (κ3) is 6.61. The number of benzene rings is 2. The molecule has 1 atom stereocenters. The fourth-order valence-electron chi connectivity index (χ4n) is 5.64. The average molecular weight is 547 g/mol. The first-order valence-corrected chi connectivity index (χ1v) is 14.6. The van der Waals surface area contributed by atoms with Crippen LogP contribution in [0.3, 0.4) is 0 Å². The first-order valence-electron chi connectivity index (χ1n) is 13.2. The standard InChI is InChI=1S/C29H39ClN2O4S/c1-34-25-15-21(16-26(35-2)27(25)36-3)29(33)32-13-11-19(12-14-32)18-37-28(20-7-5-4-6-8-20)23-17-22(30)9-10-24(23)31/h9-10,15-17,19-20,28H,4-8,11-14,18,31H2,1-3H3. The van der Waals surface area contributed by atoms with E-state index >= 15 is 0 Å². The minimum Gasteiger partial charge on any atom is -0.493 e. The number of amides is 1. The minimum absolute atomic E-state index is 0.00265. The number of likely N-dealkylation sites (tertiary alicyclic amines) is 1. The van der Waals surface area contributed by atoms with E-state index in [1.54, 1.807) is 33.5 Å². The van der Waals surface area contributed by atoms with Gasteiger partial charge in [0.15, 0.2) is 11.5 Å². The summed E-state index contributed by atoms with van der Waals surface area (Å²) in [5.74, 6) is 3.75. The van der Waals surface area contributed by atoms with Crippen LogP contribution in [-0.2, 0) is 0 Å². The molecule has 6 nitrogen and oxygen atoms in total. The molecule has 1 unspecified atom stereocenters. The van der Waals surface area contributed by atoms with Crippen molar-refractivity contribution in [3.8, 4) is 17.2 Å². The highest BCUT2D eigenvalue weighted by Crippen LogP contribution is 2.47. The van der Waals surface area contributed by atoms with Gasteiger partial charge in [-0.3, -0.25) is 4.79 Å². The fourth-order valence-corrected chi connectivity index (χ4v) is 7.56. The first kappa shape index (κ1) is 27.8. The molecule has 202 valence electrons. The van der Waals surface area contributed by atoms with E-state index in [2.05, 4.69) is 6.07 Å². The zero-order valence-electron chi connectivity index (χ0n) is 22.1. The second-order valence-corrected chi connectivity index (χ2v) is 11.7. The van der Waals surface area contributed by atoms with E-state index < -0.39 is 0 Å². The fraction of sp³-hybridized carbons (Fsp3) is 0.552. The topological polar surface area (TPSA) is 74.0 Å². The molecule has 8 heteroatoms. The van der Waals surface area contributed by atoms with Gasteiger partial charge in [0.05, 0.1) is 21.3 Å². The Balaban J connectivity index is 1.39. The summed E-state index contributed by atoms with van der Waals surface area (Å²) < 4.78 is 16.3. The summed E-state index contributed by atoms with van der Waals surface area (Å²) in [5, 5.41) is 1.13. The lowest BCUT2D eigenvalue weighted by Gasteiger charge is -2.35. The molecular formula is C29H39ClN2O4S. The van der Waals surface area contributed by atoms with Crippen molar-refractivity contribution < 1.29 is 19.0 Å². The van der Waals surface area contributed by atoms with Crippen molar-refractivity contribution in [1.29, 1.82) is 0 Å². The Kier molecular flexibility index (Phi) is 9.77. The number of carbonyl (C=O) groups is 1. The molecule has 0 bridgehead atoms. The van der Waals surface area contributed by atoms with Gasteiger partial charge < -0.3 is 24.8 Å². The number of nitrogens with zero attached hydrogens (tertiary/aromatic N) is 1. The number of nitrogens with two attached hydrogens (primary N) is 1. The summed E-state index contributed by atoms with van der Waals surface area (Å²) in [6.07, 6.45) is 8.42. The summed E-state index contributed by atoms with van der Waals surface area (Å²) >= 11 is 8.42. The summed E-state index contributed by atoms with van der Waals surface area (Å²) in [6, 6.07) is 9.36.